The van der Waals surface area contributed by atoms with Gasteiger partial charge in [0.05, 0.1) is 12.8 Å². The van der Waals surface area contributed by atoms with Crippen LogP contribution in [0.2, 0.25) is 0 Å². The zero-order chi connectivity index (χ0) is 17.4. The molecule has 1 aromatic rings. The molecular formula is C16H21F2NO4. The summed E-state index contributed by atoms with van der Waals surface area (Å²) in [7, 11) is 0. The minimum Gasteiger partial charge on any atom is -0.481 e. The van der Waals surface area contributed by atoms with E-state index >= 15 is 0 Å². The van der Waals surface area contributed by atoms with Gasteiger partial charge >= 0.3 is 12.6 Å². The Hall–Kier alpha value is -2.18. The maximum atomic E-state index is 12.4. The van der Waals surface area contributed by atoms with Gasteiger partial charge in [-0.25, -0.2) is 0 Å². The molecule has 0 aliphatic rings. The van der Waals surface area contributed by atoms with E-state index in [-0.39, 0.29) is 37.0 Å². The number of benzene rings is 1. The number of amides is 1. The molecule has 23 heavy (non-hydrogen) atoms. The van der Waals surface area contributed by atoms with E-state index < -0.39 is 12.6 Å². The number of hydrogen-bond acceptors (Lipinski definition) is 3. The lowest BCUT2D eigenvalue weighted by atomic mass is 10.1. The number of rotatable bonds is 9. The monoisotopic (exact) mass is 329 g/mol. The second-order valence-electron chi connectivity index (χ2n) is 5.54. The molecule has 0 radical (unpaired) electrons. The summed E-state index contributed by atoms with van der Waals surface area (Å²) in [5.41, 5.74) is 0.349. The van der Waals surface area contributed by atoms with Crippen LogP contribution in [0.3, 0.4) is 0 Å². The van der Waals surface area contributed by atoms with E-state index in [4.69, 9.17) is 5.11 Å². The van der Waals surface area contributed by atoms with Gasteiger partial charge in [-0.15, -0.1) is 0 Å². The van der Waals surface area contributed by atoms with Gasteiger partial charge in [0.25, 0.3) is 0 Å². The second kappa shape index (κ2) is 9.07. The summed E-state index contributed by atoms with van der Waals surface area (Å²) in [6.07, 6.45) is -0.275. The van der Waals surface area contributed by atoms with Crippen molar-refractivity contribution >= 4 is 11.9 Å². The summed E-state index contributed by atoms with van der Waals surface area (Å²) < 4.78 is 29.2. The van der Waals surface area contributed by atoms with E-state index in [0.29, 0.717) is 12.1 Å². The van der Waals surface area contributed by atoms with Crippen LogP contribution in [0, 0.1) is 5.92 Å². The van der Waals surface area contributed by atoms with Crippen LogP contribution >= 0.6 is 0 Å². The molecule has 1 aromatic carbocycles. The fourth-order valence-electron chi connectivity index (χ4n) is 2.12. The van der Waals surface area contributed by atoms with Gasteiger partial charge in [-0.1, -0.05) is 32.0 Å². The number of hydrogen-bond donors (Lipinski definition) is 1. The molecule has 0 unspecified atom stereocenters. The molecule has 0 bridgehead atoms. The van der Waals surface area contributed by atoms with Gasteiger partial charge in [-0.05, 0) is 12.0 Å². The first-order chi connectivity index (χ1) is 10.8. The normalized spacial score (nSPS) is 10.9. The lowest BCUT2D eigenvalue weighted by Gasteiger charge is -2.24. The minimum atomic E-state index is -2.97. The summed E-state index contributed by atoms with van der Waals surface area (Å²) in [6, 6.07) is 6.09. The number of halogens is 2. The number of ether oxygens (including phenoxy) is 1. The summed E-state index contributed by atoms with van der Waals surface area (Å²) >= 11 is 0. The first kappa shape index (κ1) is 18.9. The molecule has 1 N–H and O–H groups in total. The molecule has 0 saturated heterocycles. The predicted octanol–water partition coefficient (Wildman–Crippen LogP) is 2.79. The van der Waals surface area contributed by atoms with Crippen molar-refractivity contribution in [2.75, 3.05) is 13.1 Å². The fraction of sp³-hybridized carbons (Fsp3) is 0.500. The van der Waals surface area contributed by atoms with Crippen molar-refractivity contribution in [2.24, 2.45) is 5.92 Å². The second-order valence-corrected chi connectivity index (χ2v) is 5.54. The van der Waals surface area contributed by atoms with Crippen LogP contribution in [0.25, 0.3) is 0 Å². The Morgan fingerprint density at radius 2 is 1.91 bits per heavy atom. The summed E-state index contributed by atoms with van der Waals surface area (Å²) in [4.78, 5) is 24.5. The first-order valence-electron chi connectivity index (χ1n) is 7.32. The summed E-state index contributed by atoms with van der Waals surface area (Å²) in [5.74, 6) is -1.18. The third-order valence-corrected chi connectivity index (χ3v) is 3.06. The maximum Gasteiger partial charge on any atom is 0.387 e. The number of carbonyl (C=O) groups excluding carboxylic acids is 1. The number of carbonyl (C=O) groups is 2. The van der Waals surface area contributed by atoms with Crippen LogP contribution in [0.1, 0.15) is 25.8 Å². The third kappa shape index (κ3) is 7.08. The van der Waals surface area contributed by atoms with Gasteiger partial charge in [0, 0.05) is 18.7 Å². The molecule has 0 fully saturated rings. The molecule has 0 aliphatic carbocycles. The van der Waals surface area contributed by atoms with Crippen LogP contribution in [0.5, 0.6) is 5.75 Å². The zero-order valence-electron chi connectivity index (χ0n) is 13.2. The smallest absolute Gasteiger partial charge is 0.387 e. The quantitative estimate of drug-likeness (QED) is 0.756. The van der Waals surface area contributed by atoms with Crippen LogP contribution < -0.4 is 4.74 Å². The molecule has 1 rings (SSSR count). The Morgan fingerprint density at radius 1 is 1.26 bits per heavy atom. The molecular weight excluding hydrogens is 308 g/mol. The van der Waals surface area contributed by atoms with Gasteiger partial charge in [-0.2, -0.15) is 8.78 Å². The van der Waals surface area contributed by atoms with Crippen LogP contribution in [-0.2, 0) is 16.0 Å². The third-order valence-electron chi connectivity index (χ3n) is 3.06. The van der Waals surface area contributed by atoms with E-state index in [0.717, 1.165) is 0 Å². The van der Waals surface area contributed by atoms with Crippen LogP contribution in [-0.4, -0.2) is 41.6 Å². The number of aliphatic carboxylic acids is 1. The maximum absolute atomic E-state index is 12.4. The molecule has 128 valence electrons. The highest BCUT2D eigenvalue weighted by Crippen LogP contribution is 2.21. The molecule has 7 heteroatoms. The zero-order valence-corrected chi connectivity index (χ0v) is 13.2. The Labute approximate surface area is 133 Å². The van der Waals surface area contributed by atoms with Gasteiger partial charge < -0.3 is 14.7 Å². The highest BCUT2D eigenvalue weighted by atomic mass is 19.3. The molecule has 0 heterocycles. The first-order valence-corrected chi connectivity index (χ1v) is 7.32. The number of nitrogens with zero attached hydrogens (tertiary/aromatic N) is 1. The average Bonchev–Trinajstić information content (AvgIpc) is 2.44. The Morgan fingerprint density at radius 3 is 2.48 bits per heavy atom. The Bertz CT molecular complexity index is 535. The fourth-order valence-corrected chi connectivity index (χ4v) is 2.12. The van der Waals surface area contributed by atoms with Crippen molar-refractivity contribution in [3.05, 3.63) is 29.8 Å². The van der Waals surface area contributed by atoms with E-state index in [1.807, 2.05) is 13.8 Å². The molecule has 0 aromatic heterocycles. The van der Waals surface area contributed by atoms with Crippen molar-refractivity contribution < 1.29 is 28.2 Å². The van der Waals surface area contributed by atoms with Gasteiger partial charge in [0.2, 0.25) is 5.91 Å². The Balaban J connectivity index is 2.82. The molecule has 0 aliphatic heterocycles. The van der Waals surface area contributed by atoms with Gasteiger partial charge in [-0.3, -0.25) is 9.59 Å². The lowest BCUT2D eigenvalue weighted by Crippen LogP contribution is -2.37. The van der Waals surface area contributed by atoms with Crippen molar-refractivity contribution in [1.29, 1.82) is 0 Å². The van der Waals surface area contributed by atoms with Crippen LogP contribution in [0.15, 0.2) is 24.3 Å². The molecule has 5 nitrogen and oxygen atoms in total. The van der Waals surface area contributed by atoms with E-state index in [1.54, 1.807) is 18.2 Å². The van der Waals surface area contributed by atoms with Crippen molar-refractivity contribution in [2.45, 2.75) is 33.3 Å². The highest BCUT2D eigenvalue weighted by molar-refractivity contribution is 5.80. The molecule has 0 spiro atoms. The topological polar surface area (TPSA) is 66.8 Å². The molecule has 1 amide bonds. The van der Waals surface area contributed by atoms with Gasteiger partial charge in [0.1, 0.15) is 5.75 Å². The molecule has 0 atom stereocenters. The number of carboxylic acid groups (broad SMARTS) is 1. The van der Waals surface area contributed by atoms with E-state index in [1.165, 1.54) is 11.0 Å². The summed E-state index contributed by atoms with van der Waals surface area (Å²) in [5, 5.41) is 8.77. The van der Waals surface area contributed by atoms with Crippen LogP contribution in [0.4, 0.5) is 8.78 Å². The Kier molecular flexibility index (Phi) is 7.44. The minimum absolute atomic E-state index is 0.0430. The lowest BCUT2D eigenvalue weighted by molar-refractivity contribution is -0.138. The number of alkyl halides is 2. The molecule has 0 saturated carbocycles. The number of para-hydroxylation sites is 1. The average molecular weight is 329 g/mol. The predicted molar refractivity (Wildman–Crippen MR) is 80.4 cm³/mol. The SMILES string of the molecule is CC(C)CN(CCC(=O)O)C(=O)Cc1ccccc1OC(F)F. The van der Waals surface area contributed by atoms with Crippen molar-refractivity contribution in [1.82, 2.24) is 4.90 Å². The number of carboxylic acids is 1. The van der Waals surface area contributed by atoms with Crippen molar-refractivity contribution in [3.63, 3.8) is 0 Å². The van der Waals surface area contributed by atoms with Crippen molar-refractivity contribution in [3.8, 4) is 5.75 Å². The highest BCUT2D eigenvalue weighted by Gasteiger charge is 2.19. The van der Waals surface area contributed by atoms with Gasteiger partial charge in [0.15, 0.2) is 0 Å². The largest absolute Gasteiger partial charge is 0.481 e. The standard InChI is InChI=1S/C16H21F2NO4/c1-11(2)10-19(8-7-15(21)22)14(20)9-12-5-3-4-6-13(12)23-16(17)18/h3-6,11,16H,7-10H2,1-2H3,(H,21,22). The summed E-state index contributed by atoms with van der Waals surface area (Å²) in [6.45, 7) is 1.35. The van der Waals surface area contributed by atoms with E-state index in [2.05, 4.69) is 4.74 Å². The van der Waals surface area contributed by atoms with E-state index in [9.17, 15) is 18.4 Å².